The van der Waals surface area contributed by atoms with Gasteiger partial charge in [-0.05, 0) is 17.7 Å². The Balaban J connectivity index is 1.70. The lowest BCUT2D eigenvalue weighted by Crippen LogP contribution is -2.52. The number of halogens is 3. The maximum atomic E-state index is 13.5. The van der Waals surface area contributed by atoms with Crippen LogP contribution < -0.4 is 10.2 Å². The monoisotopic (exact) mass is 392 g/mol. The number of aliphatic hydroxyl groups is 1. The van der Waals surface area contributed by atoms with Crippen LogP contribution in [-0.2, 0) is 15.2 Å². The average molecular weight is 392 g/mol. The van der Waals surface area contributed by atoms with E-state index in [4.69, 9.17) is 0 Å². The third-order valence-electron chi connectivity index (χ3n) is 4.80. The van der Waals surface area contributed by atoms with E-state index in [1.165, 1.54) is 23.1 Å². The van der Waals surface area contributed by atoms with E-state index in [0.29, 0.717) is 5.69 Å². The van der Waals surface area contributed by atoms with Crippen molar-refractivity contribution in [2.45, 2.75) is 18.2 Å². The molecule has 8 heteroatoms. The lowest BCUT2D eigenvalue weighted by atomic mass is 9.92. The van der Waals surface area contributed by atoms with Crippen LogP contribution >= 0.6 is 0 Å². The molecule has 2 unspecified atom stereocenters. The number of nitrogens with zero attached hydrogens (tertiary/aromatic N) is 1. The van der Waals surface area contributed by atoms with Crippen LogP contribution in [0.2, 0.25) is 0 Å². The molecule has 5 nitrogen and oxygen atoms in total. The topological polar surface area (TPSA) is 69.6 Å². The zero-order valence-corrected chi connectivity index (χ0v) is 14.8. The third kappa shape index (κ3) is 3.87. The van der Waals surface area contributed by atoms with Crippen LogP contribution in [0, 0.1) is 5.92 Å². The second kappa shape index (κ2) is 7.63. The molecular weight excluding hydrogens is 373 g/mol. The Labute approximate surface area is 159 Å². The Morgan fingerprint density at radius 2 is 1.64 bits per heavy atom. The minimum Gasteiger partial charge on any atom is -0.375 e. The van der Waals surface area contributed by atoms with Crippen LogP contribution in [0.25, 0.3) is 0 Å². The van der Waals surface area contributed by atoms with E-state index < -0.39 is 30.1 Å². The molecule has 1 saturated heterocycles. The van der Waals surface area contributed by atoms with Gasteiger partial charge in [-0.15, -0.1) is 0 Å². The maximum absolute atomic E-state index is 13.5. The first-order valence-electron chi connectivity index (χ1n) is 8.70. The number of carbonyl (C=O) groups is 2. The van der Waals surface area contributed by atoms with E-state index in [0.717, 1.165) is 12.1 Å². The van der Waals surface area contributed by atoms with Crippen LogP contribution in [0.15, 0.2) is 60.7 Å². The van der Waals surface area contributed by atoms with Gasteiger partial charge >= 0.3 is 6.18 Å². The molecule has 1 heterocycles. The van der Waals surface area contributed by atoms with E-state index in [1.54, 1.807) is 30.3 Å². The first-order chi connectivity index (χ1) is 13.2. The van der Waals surface area contributed by atoms with Crippen molar-refractivity contribution in [3.8, 4) is 0 Å². The molecule has 1 aliphatic rings. The molecule has 2 atom stereocenters. The fraction of sp³-hybridized carbons (Fsp3) is 0.300. The Bertz CT molecular complexity index is 843. The van der Waals surface area contributed by atoms with Gasteiger partial charge in [0, 0.05) is 18.7 Å². The summed E-state index contributed by atoms with van der Waals surface area (Å²) in [5, 5.41) is 12.5. The van der Waals surface area contributed by atoms with Gasteiger partial charge in [-0.3, -0.25) is 9.59 Å². The second-order valence-corrected chi connectivity index (χ2v) is 6.68. The lowest BCUT2D eigenvalue weighted by Gasteiger charge is -2.31. The summed E-state index contributed by atoms with van der Waals surface area (Å²) in [6.45, 7) is -0.958. The molecular formula is C20H19F3N2O3. The molecule has 28 heavy (non-hydrogen) atoms. The van der Waals surface area contributed by atoms with E-state index in [2.05, 4.69) is 5.32 Å². The van der Waals surface area contributed by atoms with Crippen molar-refractivity contribution in [1.82, 2.24) is 5.32 Å². The molecule has 0 radical (unpaired) electrons. The molecule has 0 spiro atoms. The highest BCUT2D eigenvalue weighted by Gasteiger charge is 2.55. The number of alkyl halides is 3. The van der Waals surface area contributed by atoms with E-state index in [-0.39, 0.29) is 24.4 Å². The first-order valence-corrected chi connectivity index (χ1v) is 8.70. The van der Waals surface area contributed by atoms with Gasteiger partial charge in [0.2, 0.25) is 17.4 Å². The zero-order valence-electron chi connectivity index (χ0n) is 14.8. The van der Waals surface area contributed by atoms with E-state index in [1.807, 2.05) is 0 Å². The summed E-state index contributed by atoms with van der Waals surface area (Å²) in [5.41, 5.74) is -2.96. The van der Waals surface area contributed by atoms with Crippen LogP contribution in [0.5, 0.6) is 0 Å². The van der Waals surface area contributed by atoms with Gasteiger partial charge in [-0.25, -0.2) is 0 Å². The molecule has 0 bridgehead atoms. The van der Waals surface area contributed by atoms with Gasteiger partial charge in [0.25, 0.3) is 0 Å². The summed E-state index contributed by atoms with van der Waals surface area (Å²) in [6, 6.07) is 15.3. The highest BCUT2D eigenvalue weighted by Crippen LogP contribution is 2.38. The summed E-state index contributed by atoms with van der Waals surface area (Å²) in [7, 11) is 0. The molecule has 1 aliphatic heterocycles. The minimum atomic E-state index is -4.98. The van der Waals surface area contributed by atoms with Crippen LogP contribution in [0.1, 0.15) is 12.0 Å². The van der Waals surface area contributed by atoms with Gasteiger partial charge in [-0.2, -0.15) is 13.2 Å². The van der Waals surface area contributed by atoms with Crippen molar-refractivity contribution in [3.63, 3.8) is 0 Å². The van der Waals surface area contributed by atoms with Crippen LogP contribution in [0.3, 0.4) is 0 Å². The quantitative estimate of drug-likeness (QED) is 0.822. The largest absolute Gasteiger partial charge is 0.423 e. The van der Waals surface area contributed by atoms with Crippen molar-refractivity contribution in [2.24, 2.45) is 5.92 Å². The van der Waals surface area contributed by atoms with Gasteiger partial charge in [-0.1, -0.05) is 48.5 Å². The molecule has 1 fully saturated rings. The molecule has 2 N–H and O–H groups in total. The first kappa shape index (κ1) is 19.9. The van der Waals surface area contributed by atoms with Gasteiger partial charge in [0.15, 0.2) is 0 Å². The number of rotatable bonds is 5. The maximum Gasteiger partial charge on any atom is 0.423 e. The summed E-state index contributed by atoms with van der Waals surface area (Å²) >= 11 is 0. The smallest absolute Gasteiger partial charge is 0.375 e. The highest BCUT2D eigenvalue weighted by atomic mass is 19.4. The van der Waals surface area contributed by atoms with Gasteiger partial charge in [0.1, 0.15) is 0 Å². The predicted molar refractivity (Wildman–Crippen MR) is 96.3 cm³/mol. The Kier molecular flexibility index (Phi) is 5.42. The van der Waals surface area contributed by atoms with Crippen molar-refractivity contribution >= 4 is 17.5 Å². The number of nitrogens with one attached hydrogen (secondary N) is 1. The van der Waals surface area contributed by atoms with Crippen molar-refractivity contribution < 1.29 is 27.9 Å². The number of anilines is 1. The summed E-state index contributed by atoms with van der Waals surface area (Å²) in [6.07, 6.45) is -5.08. The summed E-state index contributed by atoms with van der Waals surface area (Å²) in [5.74, 6) is -1.77. The summed E-state index contributed by atoms with van der Waals surface area (Å²) < 4.78 is 40.5. The Hall–Kier alpha value is -2.87. The fourth-order valence-corrected chi connectivity index (χ4v) is 3.18. The predicted octanol–water partition coefficient (Wildman–Crippen LogP) is 2.61. The minimum absolute atomic E-state index is 0.0739. The fourth-order valence-electron chi connectivity index (χ4n) is 3.18. The number of hydrogen-bond donors (Lipinski definition) is 2. The molecule has 0 aromatic heterocycles. The Morgan fingerprint density at radius 3 is 2.21 bits per heavy atom. The number of benzene rings is 2. The van der Waals surface area contributed by atoms with E-state index in [9.17, 15) is 27.9 Å². The lowest BCUT2D eigenvalue weighted by molar-refractivity contribution is -0.264. The summed E-state index contributed by atoms with van der Waals surface area (Å²) in [4.78, 5) is 26.0. The number of hydrogen-bond acceptors (Lipinski definition) is 3. The molecule has 0 aliphatic carbocycles. The van der Waals surface area contributed by atoms with Crippen molar-refractivity contribution in [2.75, 3.05) is 18.0 Å². The zero-order chi connectivity index (χ0) is 20.4. The second-order valence-electron chi connectivity index (χ2n) is 6.68. The van der Waals surface area contributed by atoms with Crippen LogP contribution in [-0.4, -0.2) is 36.2 Å². The van der Waals surface area contributed by atoms with Crippen LogP contribution in [0.4, 0.5) is 18.9 Å². The van der Waals surface area contributed by atoms with Gasteiger partial charge in [0.05, 0.1) is 12.5 Å². The number of carbonyl (C=O) groups excluding carboxylic acids is 2. The molecule has 148 valence electrons. The van der Waals surface area contributed by atoms with E-state index >= 15 is 0 Å². The molecule has 2 aromatic carbocycles. The number of para-hydroxylation sites is 1. The molecule has 0 saturated carbocycles. The average Bonchev–Trinajstić information content (AvgIpc) is 3.08. The Morgan fingerprint density at radius 1 is 1.07 bits per heavy atom. The highest BCUT2D eigenvalue weighted by molar-refractivity contribution is 6.00. The van der Waals surface area contributed by atoms with Crippen molar-refractivity contribution in [3.05, 3.63) is 66.2 Å². The van der Waals surface area contributed by atoms with Crippen molar-refractivity contribution in [1.29, 1.82) is 0 Å². The molecule has 3 rings (SSSR count). The third-order valence-corrected chi connectivity index (χ3v) is 4.80. The van der Waals surface area contributed by atoms with Gasteiger partial charge < -0.3 is 15.3 Å². The SMILES string of the molecule is O=C(NCC(O)(c1ccccc1)C(F)(F)F)C1CC(=O)N(c2ccccc2)C1. The number of amides is 2. The normalized spacial score (nSPS) is 19.4. The molecule has 2 amide bonds. The molecule has 2 aromatic rings. The standard InChI is InChI=1S/C20H19F3N2O3/c21-20(22,23)19(28,15-7-3-1-4-8-15)13-24-18(27)14-11-17(26)25(12-14)16-9-5-2-6-10-16/h1-10,14,28H,11-13H2,(H,24,27).